The third-order valence-corrected chi connectivity index (χ3v) is 3.96. The average Bonchev–Trinajstić information content (AvgIpc) is 2.72. The Kier molecular flexibility index (Phi) is 9.89. The van der Waals surface area contributed by atoms with E-state index in [9.17, 15) is 9.50 Å². The van der Waals surface area contributed by atoms with Crippen molar-refractivity contribution in [3.8, 4) is 6.07 Å². The first-order valence-corrected chi connectivity index (χ1v) is 8.90. The largest absolute Gasteiger partial charge is 0.473 e. The van der Waals surface area contributed by atoms with Crippen molar-refractivity contribution < 1.29 is 29.3 Å². The van der Waals surface area contributed by atoms with Crippen LogP contribution in [0.1, 0.15) is 28.7 Å². The molecule has 8 heteroatoms. The highest BCUT2D eigenvalue weighted by Crippen LogP contribution is 2.28. The van der Waals surface area contributed by atoms with E-state index >= 15 is 0 Å². The molecule has 0 aliphatic carbocycles. The summed E-state index contributed by atoms with van der Waals surface area (Å²) in [5.74, 6) is -3.93. The lowest BCUT2D eigenvalue weighted by molar-refractivity contribution is -0.159. The molecule has 0 unspecified atom stereocenters. The van der Waals surface area contributed by atoms with Gasteiger partial charge in [0.05, 0.1) is 18.2 Å². The van der Waals surface area contributed by atoms with E-state index in [1.165, 1.54) is 12.1 Å². The Labute approximate surface area is 173 Å². The summed E-state index contributed by atoms with van der Waals surface area (Å²) in [5.41, 5.74) is 3.88. The second kappa shape index (κ2) is 12.1. The number of rotatable bonds is 6. The van der Waals surface area contributed by atoms with Crippen LogP contribution >= 0.6 is 0 Å². The van der Waals surface area contributed by atoms with Gasteiger partial charge in [-0.1, -0.05) is 24.3 Å². The molecule has 0 radical (unpaired) electrons. The maximum atomic E-state index is 13.3. The van der Waals surface area contributed by atoms with Crippen LogP contribution in [0.4, 0.5) is 4.39 Å². The van der Waals surface area contributed by atoms with Gasteiger partial charge in [0, 0.05) is 6.54 Å². The molecule has 3 N–H and O–H groups in total. The molecular formula is C22H23FN2O5. The number of nitrogens with zero attached hydrogens (tertiary/aromatic N) is 2. The van der Waals surface area contributed by atoms with Crippen LogP contribution in [-0.4, -0.2) is 52.8 Å². The van der Waals surface area contributed by atoms with Crippen molar-refractivity contribution in [3.05, 3.63) is 76.6 Å². The summed E-state index contributed by atoms with van der Waals surface area (Å²) in [6.45, 7) is 0.729. The third-order valence-electron chi connectivity index (χ3n) is 3.96. The molecule has 7 nitrogen and oxygen atoms in total. The molecular weight excluding hydrogens is 391 g/mol. The summed E-state index contributed by atoms with van der Waals surface area (Å²) in [5, 5.41) is 33.5. The van der Waals surface area contributed by atoms with Crippen LogP contribution in [0.15, 0.2) is 48.5 Å². The zero-order valence-electron chi connectivity index (χ0n) is 16.7. The summed E-state index contributed by atoms with van der Waals surface area (Å²) in [4.78, 5) is 20.3. The first-order valence-electron chi connectivity index (χ1n) is 8.90. The summed E-state index contributed by atoms with van der Waals surface area (Å²) < 4.78 is 13.3. The van der Waals surface area contributed by atoms with E-state index in [-0.39, 0.29) is 12.4 Å². The molecule has 0 aliphatic rings. The van der Waals surface area contributed by atoms with Gasteiger partial charge in [-0.2, -0.15) is 5.26 Å². The van der Waals surface area contributed by atoms with Crippen LogP contribution < -0.4 is 0 Å². The van der Waals surface area contributed by atoms with E-state index in [0.717, 1.165) is 29.7 Å². The Morgan fingerprint density at radius 1 is 1.10 bits per heavy atom. The fourth-order valence-corrected chi connectivity index (χ4v) is 2.54. The average molecular weight is 414 g/mol. The Morgan fingerprint density at radius 2 is 1.70 bits per heavy atom. The molecule has 0 spiro atoms. The van der Waals surface area contributed by atoms with E-state index in [2.05, 4.69) is 17.0 Å². The molecule has 2 rings (SSSR count). The van der Waals surface area contributed by atoms with E-state index in [4.69, 9.17) is 25.1 Å². The van der Waals surface area contributed by atoms with Crippen LogP contribution in [0.25, 0.3) is 5.57 Å². The monoisotopic (exact) mass is 414 g/mol. The lowest BCUT2D eigenvalue weighted by atomic mass is 9.92. The molecule has 0 aromatic heterocycles. The summed E-state index contributed by atoms with van der Waals surface area (Å²) >= 11 is 0. The minimum absolute atomic E-state index is 0.156. The van der Waals surface area contributed by atoms with Gasteiger partial charge in [0.1, 0.15) is 5.82 Å². The van der Waals surface area contributed by atoms with Crippen molar-refractivity contribution in [1.82, 2.24) is 4.90 Å². The minimum Gasteiger partial charge on any atom is -0.473 e. The molecule has 2 aromatic carbocycles. The minimum atomic E-state index is -1.82. The van der Waals surface area contributed by atoms with Gasteiger partial charge < -0.3 is 20.2 Å². The number of carbonyl (C=O) groups is 2. The van der Waals surface area contributed by atoms with E-state index in [1.54, 1.807) is 24.3 Å². The number of hydrogen-bond acceptors (Lipinski definition) is 5. The molecule has 2 aromatic rings. The van der Waals surface area contributed by atoms with Crippen LogP contribution in [0.3, 0.4) is 0 Å². The van der Waals surface area contributed by atoms with Gasteiger partial charge in [-0.05, 0) is 67.0 Å². The van der Waals surface area contributed by atoms with Crippen molar-refractivity contribution in [2.75, 3.05) is 20.6 Å². The third kappa shape index (κ3) is 7.83. The van der Waals surface area contributed by atoms with Crippen molar-refractivity contribution in [3.63, 3.8) is 0 Å². The number of nitriles is 1. The van der Waals surface area contributed by atoms with Crippen LogP contribution in [0.2, 0.25) is 0 Å². The number of carboxylic acid groups (broad SMARTS) is 2. The number of hydrogen-bond donors (Lipinski definition) is 3. The molecule has 0 bridgehead atoms. The molecule has 0 atom stereocenters. The van der Waals surface area contributed by atoms with Crippen molar-refractivity contribution in [1.29, 1.82) is 5.26 Å². The Balaban J connectivity index is 0.000000656. The number of carboxylic acids is 2. The highest BCUT2D eigenvalue weighted by atomic mass is 19.1. The zero-order chi connectivity index (χ0) is 22.7. The highest BCUT2D eigenvalue weighted by Gasteiger charge is 2.11. The summed E-state index contributed by atoms with van der Waals surface area (Å²) in [6.07, 6.45) is 2.92. The summed E-state index contributed by atoms with van der Waals surface area (Å²) in [7, 11) is 4.01. The SMILES string of the molecule is CN(C)CCC=C(c1ccc(F)cc1)c1ccc(C#N)cc1CO.O=C(O)C(=O)O. The van der Waals surface area contributed by atoms with Gasteiger partial charge in [0.25, 0.3) is 0 Å². The van der Waals surface area contributed by atoms with Gasteiger partial charge >= 0.3 is 11.9 Å². The molecule has 158 valence electrons. The first kappa shape index (κ1) is 24.5. The quantitative estimate of drug-likeness (QED) is 0.621. The molecule has 0 fully saturated rings. The second-order valence-corrected chi connectivity index (χ2v) is 6.47. The van der Waals surface area contributed by atoms with Gasteiger partial charge in [-0.15, -0.1) is 0 Å². The highest BCUT2D eigenvalue weighted by molar-refractivity contribution is 6.27. The van der Waals surface area contributed by atoms with Gasteiger partial charge in [-0.3, -0.25) is 0 Å². The van der Waals surface area contributed by atoms with Crippen LogP contribution in [0.5, 0.6) is 0 Å². The lowest BCUT2D eigenvalue weighted by Crippen LogP contribution is -2.12. The molecule has 0 saturated carbocycles. The predicted octanol–water partition coefficient (Wildman–Crippen LogP) is 2.73. The maximum absolute atomic E-state index is 13.3. The van der Waals surface area contributed by atoms with Gasteiger partial charge in [-0.25, -0.2) is 14.0 Å². The smallest absolute Gasteiger partial charge is 0.414 e. The van der Waals surface area contributed by atoms with E-state index in [0.29, 0.717) is 11.1 Å². The van der Waals surface area contributed by atoms with E-state index in [1.807, 2.05) is 20.2 Å². The maximum Gasteiger partial charge on any atom is 0.414 e. The molecule has 30 heavy (non-hydrogen) atoms. The standard InChI is InChI=1S/C20H21FN2O.C2H2O4/c1-23(2)11-3-4-19(16-6-8-18(21)9-7-16)20-10-5-15(13-22)12-17(20)14-24;3-1(4)2(5)6/h4-10,12,24H,3,11,14H2,1-2H3;(H,3,4)(H,5,6). The number of benzene rings is 2. The fraction of sp³-hybridized carbons (Fsp3) is 0.227. The van der Waals surface area contributed by atoms with Gasteiger partial charge in [0.2, 0.25) is 0 Å². The number of halogens is 1. The lowest BCUT2D eigenvalue weighted by Gasteiger charge is -2.14. The Hall–Kier alpha value is -3.54. The molecule has 0 aliphatic heterocycles. The Morgan fingerprint density at radius 3 is 2.17 bits per heavy atom. The molecule has 0 heterocycles. The van der Waals surface area contributed by atoms with Crippen LogP contribution in [-0.2, 0) is 16.2 Å². The fourth-order valence-electron chi connectivity index (χ4n) is 2.54. The van der Waals surface area contributed by atoms with Crippen molar-refractivity contribution >= 4 is 17.5 Å². The topological polar surface area (TPSA) is 122 Å². The normalized spacial score (nSPS) is 10.7. The van der Waals surface area contributed by atoms with Crippen molar-refractivity contribution in [2.24, 2.45) is 0 Å². The molecule has 0 amide bonds. The number of aliphatic hydroxyl groups is 1. The predicted molar refractivity (Wildman–Crippen MR) is 109 cm³/mol. The Bertz CT molecular complexity index is 935. The second-order valence-electron chi connectivity index (χ2n) is 6.47. The van der Waals surface area contributed by atoms with Gasteiger partial charge in [0.15, 0.2) is 0 Å². The van der Waals surface area contributed by atoms with Crippen LogP contribution in [0, 0.1) is 17.1 Å². The number of aliphatic carboxylic acids is 2. The van der Waals surface area contributed by atoms with Crippen molar-refractivity contribution in [2.45, 2.75) is 13.0 Å². The van der Waals surface area contributed by atoms with E-state index < -0.39 is 11.9 Å². The number of aliphatic hydroxyl groups excluding tert-OH is 1. The zero-order valence-corrected chi connectivity index (χ0v) is 16.7. The first-order chi connectivity index (χ1) is 14.2. The summed E-state index contributed by atoms with van der Waals surface area (Å²) in [6, 6.07) is 13.7. The molecule has 0 saturated heterocycles.